The number of thioether (sulfide) groups is 1. The normalized spacial score (nSPS) is 11.8. The second kappa shape index (κ2) is 8.73. The van der Waals surface area contributed by atoms with Crippen LogP contribution in [-0.2, 0) is 4.79 Å². The summed E-state index contributed by atoms with van der Waals surface area (Å²) in [6.45, 7) is 4.03. The Hall–Kier alpha value is -1.80. The molecule has 1 amide bonds. The Kier molecular flexibility index (Phi) is 6.66. The maximum Gasteiger partial charge on any atom is 0.230 e. The van der Waals surface area contributed by atoms with Gasteiger partial charge in [0.1, 0.15) is 5.75 Å². The summed E-state index contributed by atoms with van der Waals surface area (Å²) in [5.74, 6) is 1.13. The zero-order valence-electron chi connectivity index (χ0n) is 13.3. The minimum atomic E-state index is 0.0156. The summed E-state index contributed by atoms with van der Waals surface area (Å²) in [5, 5.41) is 15.0. The molecule has 0 saturated carbocycles. The maximum atomic E-state index is 11.7. The van der Waals surface area contributed by atoms with E-state index in [2.05, 4.69) is 20.8 Å². The number of carbonyl (C=O) groups excluding carboxylic acids is 1. The second-order valence-corrected chi connectivity index (χ2v) is 7.10. The van der Waals surface area contributed by atoms with Crippen molar-refractivity contribution >= 4 is 39.8 Å². The van der Waals surface area contributed by atoms with Crippen molar-refractivity contribution in [2.24, 2.45) is 0 Å². The number of aromatic nitrogens is 2. The number of methoxy groups -OCH3 is 1. The highest BCUT2D eigenvalue weighted by molar-refractivity contribution is 8.01. The molecule has 2 rings (SSSR count). The molecule has 0 aliphatic heterocycles. The zero-order valence-corrected chi connectivity index (χ0v) is 15.0. The van der Waals surface area contributed by atoms with Gasteiger partial charge in [-0.25, -0.2) is 0 Å². The number of nitrogens with zero attached hydrogens (tertiary/aromatic N) is 2. The van der Waals surface area contributed by atoms with Gasteiger partial charge in [0, 0.05) is 17.8 Å². The number of hydrogen-bond donors (Lipinski definition) is 2. The van der Waals surface area contributed by atoms with E-state index in [4.69, 9.17) is 4.74 Å². The Morgan fingerprint density at radius 1 is 1.43 bits per heavy atom. The van der Waals surface area contributed by atoms with E-state index in [1.807, 2.05) is 38.1 Å². The average molecular weight is 352 g/mol. The van der Waals surface area contributed by atoms with Gasteiger partial charge in [0.15, 0.2) is 4.34 Å². The lowest BCUT2D eigenvalue weighted by Gasteiger charge is -2.09. The fourth-order valence-corrected chi connectivity index (χ4v) is 3.27. The molecule has 6 nitrogen and oxygen atoms in total. The van der Waals surface area contributed by atoms with E-state index in [9.17, 15) is 4.79 Å². The summed E-state index contributed by atoms with van der Waals surface area (Å²) < 4.78 is 5.94. The van der Waals surface area contributed by atoms with Crippen LogP contribution >= 0.6 is 23.1 Å². The van der Waals surface area contributed by atoms with Crippen molar-refractivity contribution < 1.29 is 9.53 Å². The smallest absolute Gasteiger partial charge is 0.230 e. The van der Waals surface area contributed by atoms with Crippen LogP contribution in [0.15, 0.2) is 28.6 Å². The molecule has 8 heteroatoms. The van der Waals surface area contributed by atoms with Crippen LogP contribution in [0.3, 0.4) is 0 Å². The first-order valence-electron chi connectivity index (χ1n) is 7.27. The quantitative estimate of drug-likeness (QED) is 0.710. The van der Waals surface area contributed by atoms with Gasteiger partial charge < -0.3 is 15.4 Å². The first-order valence-corrected chi connectivity index (χ1v) is 9.07. The van der Waals surface area contributed by atoms with Crippen molar-refractivity contribution in [3.63, 3.8) is 0 Å². The summed E-state index contributed by atoms with van der Waals surface area (Å²) in [7, 11) is 1.63. The van der Waals surface area contributed by atoms with E-state index in [0.29, 0.717) is 10.9 Å². The molecule has 124 valence electrons. The topological polar surface area (TPSA) is 76.1 Å². The SMILES string of the molecule is CC[C@H](C)NC(=O)CSc1nnc(Nc2cccc(OC)c2)s1. The Morgan fingerprint density at radius 2 is 2.26 bits per heavy atom. The lowest BCUT2D eigenvalue weighted by Crippen LogP contribution is -2.33. The van der Waals surface area contributed by atoms with E-state index >= 15 is 0 Å². The van der Waals surface area contributed by atoms with Crippen molar-refractivity contribution in [2.45, 2.75) is 30.6 Å². The molecule has 0 aliphatic carbocycles. The van der Waals surface area contributed by atoms with Crippen LogP contribution in [0, 0.1) is 0 Å². The molecule has 23 heavy (non-hydrogen) atoms. The minimum Gasteiger partial charge on any atom is -0.497 e. The number of benzene rings is 1. The molecule has 0 aliphatic rings. The van der Waals surface area contributed by atoms with Crippen molar-refractivity contribution in [3.05, 3.63) is 24.3 Å². The van der Waals surface area contributed by atoms with E-state index < -0.39 is 0 Å². The molecule has 0 bridgehead atoms. The molecule has 0 fully saturated rings. The predicted molar refractivity (Wildman–Crippen MR) is 94.8 cm³/mol. The van der Waals surface area contributed by atoms with Crippen molar-refractivity contribution in [1.29, 1.82) is 0 Å². The molecule has 1 atom stereocenters. The molecule has 0 unspecified atom stereocenters. The highest BCUT2D eigenvalue weighted by Crippen LogP contribution is 2.28. The molecule has 1 aromatic carbocycles. The Bertz CT molecular complexity index is 648. The summed E-state index contributed by atoms with van der Waals surface area (Å²) >= 11 is 2.80. The standard InChI is InChI=1S/C15H20N4O2S2/c1-4-10(2)16-13(20)9-22-15-19-18-14(23-15)17-11-6-5-7-12(8-11)21-3/h5-8,10H,4,9H2,1-3H3,(H,16,20)(H,17,18)/t10-/m0/s1. The van der Waals surface area contributed by atoms with Gasteiger partial charge in [0.2, 0.25) is 11.0 Å². The molecule has 2 aromatic rings. The Labute approximate surface area is 144 Å². The number of hydrogen-bond acceptors (Lipinski definition) is 7. The molecule has 0 spiro atoms. The van der Waals surface area contributed by atoms with Gasteiger partial charge in [-0.1, -0.05) is 36.1 Å². The van der Waals surface area contributed by atoms with Crippen LogP contribution in [0.25, 0.3) is 0 Å². The first kappa shape index (κ1) is 17.6. The van der Waals surface area contributed by atoms with Crippen LogP contribution in [0.5, 0.6) is 5.75 Å². The Morgan fingerprint density at radius 3 is 3.00 bits per heavy atom. The summed E-state index contributed by atoms with van der Waals surface area (Å²) in [6.07, 6.45) is 0.920. The van der Waals surface area contributed by atoms with Gasteiger partial charge in [0.05, 0.1) is 12.9 Å². The van der Waals surface area contributed by atoms with Crippen LogP contribution in [-0.4, -0.2) is 35.0 Å². The summed E-state index contributed by atoms with van der Waals surface area (Å²) in [6, 6.07) is 7.78. The third-order valence-electron chi connectivity index (χ3n) is 3.07. The summed E-state index contributed by atoms with van der Waals surface area (Å²) in [4.78, 5) is 11.7. The van der Waals surface area contributed by atoms with Gasteiger partial charge >= 0.3 is 0 Å². The zero-order chi connectivity index (χ0) is 16.7. The molecule has 2 N–H and O–H groups in total. The lowest BCUT2D eigenvalue weighted by molar-refractivity contribution is -0.119. The second-order valence-electron chi connectivity index (χ2n) is 4.90. The molecule has 1 heterocycles. The van der Waals surface area contributed by atoms with E-state index in [0.717, 1.165) is 22.2 Å². The average Bonchev–Trinajstić information content (AvgIpc) is 3.00. The molecule has 1 aromatic heterocycles. The number of carbonyl (C=O) groups is 1. The number of nitrogens with one attached hydrogen (secondary N) is 2. The largest absolute Gasteiger partial charge is 0.497 e. The monoisotopic (exact) mass is 352 g/mol. The van der Waals surface area contributed by atoms with Gasteiger partial charge in [-0.2, -0.15) is 0 Å². The number of amides is 1. The van der Waals surface area contributed by atoms with Crippen LogP contribution in [0.4, 0.5) is 10.8 Å². The molecular weight excluding hydrogens is 332 g/mol. The molecule has 0 radical (unpaired) electrons. The predicted octanol–water partition coefficient (Wildman–Crippen LogP) is 3.30. The van der Waals surface area contributed by atoms with Crippen LogP contribution in [0.2, 0.25) is 0 Å². The van der Waals surface area contributed by atoms with Gasteiger partial charge in [0.25, 0.3) is 0 Å². The third-order valence-corrected chi connectivity index (χ3v) is 5.05. The minimum absolute atomic E-state index is 0.0156. The van der Waals surface area contributed by atoms with E-state index in [1.54, 1.807) is 7.11 Å². The maximum absolute atomic E-state index is 11.7. The van der Waals surface area contributed by atoms with Crippen molar-refractivity contribution in [2.75, 3.05) is 18.2 Å². The van der Waals surface area contributed by atoms with Gasteiger partial charge in [-0.3, -0.25) is 4.79 Å². The fourth-order valence-electron chi connectivity index (χ4n) is 1.69. The number of ether oxygens (including phenoxy) is 1. The van der Waals surface area contributed by atoms with Crippen LogP contribution < -0.4 is 15.4 Å². The van der Waals surface area contributed by atoms with Crippen LogP contribution in [0.1, 0.15) is 20.3 Å². The molecule has 0 saturated heterocycles. The fraction of sp³-hybridized carbons (Fsp3) is 0.400. The van der Waals surface area contributed by atoms with Gasteiger partial charge in [-0.15, -0.1) is 10.2 Å². The van der Waals surface area contributed by atoms with E-state index in [1.165, 1.54) is 23.1 Å². The number of rotatable bonds is 8. The third kappa shape index (κ3) is 5.72. The highest BCUT2D eigenvalue weighted by Gasteiger charge is 2.10. The molecular formula is C15H20N4O2S2. The van der Waals surface area contributed by atoms with Crippen molar-refractivity contribution in [3.8, 4) is 5.75 Å². The van der Waals surface area contributed by atoms with E-state index in [-0.39, 0.29) is 11.9 Å². The first-order chi connectivity index (χ1) is 11.1. The highest BCUT2D eigenvalue weighted by atomic mass is 32.2. The summed E-state index contributed by atoms with van der Waals surface area (Å²) in [5.41, 5.74) is 0.881. The Balaban J connectivity index is 1.86. The lowest BCUT2D eigenvalue weighted by atomic mass is 10.3. The van der Waals surface area contributed by atoms with Crippen molar-refractivity contribution in [1.82, 2.24) is 15.5 Å². The number of anilines is 2. The van der Waals surface area contributed by atoms with Gasteiger partial charge in [-0.05, 0) is 25.5 Å².